The van der Waals surface area contributed by atoms with Crippen molar-refractivity contribution in [2.24, 2.45) is 11.1 Å². The second-order valence-corrected chi connectivity index (χ2v) is 6.27. The molecule has 0 aromatic carbocycles. The van der Waals surface area contributed by atoms with Gasteiger partial charge in [0.25, 0.3) is 0 Å². The summed E-state index contributed by atoms with van der Waals surface area (Å²) in [5, 5.41) is 6.97. The molecule has 0 aliphatic heterocycles. The third-order valence-electron chi connectivity index (χ3n) is 3.98. The van der Waals surface area contributed by atoms with E-state index in [1.165, 1.54) is 27.3 Å². The van der Waals surface area contributed by atoms with E-state index in [9.17, 15) is 0 Å². The van der Waals surface area contributed by atoms with Crippen LogP contribution in [0.3, 0.4) is 0 Å². The summed E-state index contributed by atoms with van der Waals surface area (Å²) >= 11 is 0. The fourth-order valence-electron chi connectivity index (χ4n) is 3.02. The summed E-state index contributed by atoms with van der Waals surface area (Å²) < 4.78 is 2.03. The molecule has 1 aromatic heterocycles. The molecule has 0 radical (unpaired) electrons. The molecule has 0 saturated heterocycles. The first-order valence-corrected chi connectivity index (χ1v) is 6.84. The minimum Gasteiger partial charge on any atom is -0.326 e. The van der Waals surface area contributed by atoms with E-state index in [2.05, 4.69) is 44.1 Å². The maximum atomic E-state index is 5.90. The van der Waals surface area contributed by atoms with E-state index in [4.69, 9.17) is 5.73 Å². The van der Waals surface area contributed by atoms with Crippen LogP contribution in [0.2, 0.25) is 0 Å². The van der Waals surface area contributed by atoms with Crippen LogP contribution < -0.4 is 16.3 Å². The van der Waals surface area contributed by atoms with Crippen LogP contribution in [0, 0.1) is 5.41 Å². The highest BCUT2D eigenvalue weighted by Gasteiger charge is 2.30. The van der Waals surface area contributed by atoms with Gasteiger partial charge in [-0.25, -0.2) is 0 Å². The predicted octanol–water partition coefficient (Wildman–Crippen LogP) is 1.09. The zero-order valence-corrected chi connectivity index (χ0v) is 12.1. The largest absolute Gasteiger partial charge is 0.326 e. The van der Waals surface area contributed by atoms with Crippen molar-refractivity contribution in [2.45, 2.75) is 40.3 Å². The Kier molecular flexibility index (Phi) is 2.58. The second-order valence-electron chi connectivity index (χ2n) is 6.27. The lowest BCUT2D eigenvalue weighted by Gasteiger charge is -2.28. The van der Waals surface area contributed by atoms with Gasteiger partial charge in [-0.3, -0.25) is 4.68 Å². The topological polar surface area (TPSA) is 43.8 Å². The van der Waals surface area contributed by atoms with Crippen LogP contribution in [0.25, 0.3) is 11.6 Å². The molecule has 2 aliphatic rings. The number of allylic oxidation sites excluding steroid dienone is 4. The van der Waals surface area contributed by atoms with Gasteiger partial charge in [-0.15, -0.1) is 0 Å². The quantitative estimate of drug-likeness (QED) is 0.859. The number of aromatic nitrogens is 2. The van der Waals surface area contributed by atoms with Crippen molar-refractivity contribution in [1.82, 2.24) is 9.78 Å². The number of rotatable bonds is 2. The third kappa shape index (κ3) is 1.80. The summed E-state index contributed by atoms with van der Waals surface area (Å²) in [7, 11) is 0. The van der Waals surface area contributed by atoms with E-state index < -0.39 is 0 Å². The van der Waals surface area contributed by atoms with Gasteiger partial charge >= 0.3 is 0 Å². The SMILES string of the molecule is CC1=C2C=c3c(cnn3CC(C)N)=C2C(C)(C)C=C1. The highest BCUT2D eigenvalue weighted by Crippen LogP contribution is 2.40. The van der Waals surface area contributed by atoms with Crippen LogP contribution in [0.5, 0.6) is 0 Å². The first kappa shape index (κ1) is 12.4. The molecule has 1 heterocycles. The van der Waals surface area contributed by atoms with E-state index in [1.807, 2.05) is 17.8 Å². The van der Waals surface area contributed by atoms with Crippen LogP contribution >= 0.6 is 0 Å². The number of nitrogens with zero attached hydrogens (tertiary/aromatic N) is 2. The molecule has 1 atom stereocenters. The maximum absolute atomic E-state index is 5.90. The summed E-state index contributed by atoms with van der Waals surface area (Å²) in [6.07, 6.45) is 8.77. The molecule has 0 bridgehead atoms. The van der Waals surface area contributed by atoms with Crippen LogP contribution in [0.15, 0.2) is 29.5 Å². The number of fused-ring (bicyclic) bond motifs is 2. The Balaban J connectivity index is 2.28. The van der Waals surface area contributed by atoms with E-state index in [1.54, 1.807) is 0 Å². The van der Waals surface area contributed by atoms with Gasteiger partial charge in [0.1, 0.15) is 0 Å². The van der Waals surface area contributed by atoms with Crippen LogP contribution in [-0.4, -0.2) is 15.8 Å². The Bertz CT molecular complexity index is 712. The Morgan fingerprint density at radius 3 is 2.84 bits per heavy atom. The number of nitrogens with two attached hydrogens (primary N) is 1. The molecule has 100 valence electrons. The average Bonchev–Trinajstić information content (AvgIpc) is 2.84. The van der Waals surface area contributed by atoms with Crippen molar-refractivity contribution < 1.29 is 0 Å². The molecule has 1 aromatic rings. The van der Waals surface area contributed by atoms with Gasteiger partial charge < -0.3 is 5.73 Å². The van der Waals surface area contributed by atoms with Gasteiger partial charge in [0.15, 0.2) is 0 Å². The molecule has 2 aliphatic carbocycles. The van der Waals surface area contributed by atoms with E-state index in [0.29, 0.717) is 0 Å². The molecule has 0 fully saturated rings. The molecule has 19 heavy (non-hydrogen) atoms. The van der Waals surface area contributed by atoms with Crippen LogP contribution in [0.1, 0.15) is 27.7 Å². The van der Waals surface area contributed by atoms with Crippen LogP contribution in [-0.2, 0) is 6.54 Å². The lowest BCUT2D eigenvalue weighted by atomic mass is 9.75. The summed E-state index contributed by atoms with van der Waals surface area (Å²) in [5.74, 6) is 0. The highest BCUT2D eigenvalue weighted by molar-refractivity contribution is 5.88. The Labute approximate surface area is 113 Å². The molecule has 0 spiro atoms. The minimum absolute atomic E-state index is 0.0682. The van der Waals surface area contributed by atoms with Crippen molar-refractivity contribution >= 4 is 11.6 Å². The lowest BCUT2D eigenvalue weighted by molar-refractivity contribution is 0.527. The number of hydrogen-bond acceptors (Lipinski definition) is 2. The van der Waals surface area contributed by atoms with Crippen molar-refractivity contribution in [3.8, 4) is 0 Å². The average molecular weight is 255 g/mol. The second kappa shape index (κ2) is 3.94. The Morgan fingerprint density at radius 2 is 2.16 bits per heavy atom. The van der Waals surface area contributed by atoms with Crippen molar-refractivity contribution in [2.75, 3.05) is 0 Å². The molecule has 0 amide bonds. The van der Waals surface area contributed by atoms with Gasteiger partial charge in [-0.2, -0.15) is 5.10 Å². The molecule has 3 nitrogen and oxygen atoms in total. The minimum atomic E-state index is 0.0682. The first-order valence-electron chi connectivity index (χ1n) is 6.84. The van der Waals surface area contributed by atoms with Gasteiger partial charge in [0.05, 0.1) is 18.1 Å². The Hall–Kier alpha value is -1.61. The fraction of sp³-hybridized carbons (Fsp3) is 0.438. The zero-order valence-electron chi connectivity index (χ0n) is 12.1. The predicted molar refractivity (Wildman–Crippen MR) is 78.6 cm³/mol. The van der Waals surface area contributed by atoms with Crippen LogP contribution in [0.4, 0.5) is 0 Å². The monoisotopic (exact) mass is 255 g/mol. The molecule has 0 saturated carbocycles. The van der Waals surface area contributed by atoms with E-state index >= 15 is 0 Å². The van der Waals surface area contributed by atoms with Gasteiger partial charge in [-0.1, -0.05) is 26.0 Å². The first-order chi connectivity index (χ1) is 8.90. The van der Waals surface area contributed by atoms with E-state index in [-0.39, 0.29) is 11.5 Å². The molecule has 1 unspecified atom stereocenters. The van der Waals surface area contributed by atoms with E-state index in [0.717, 1.165) is 6.54 Å². The molecule has 3 heteroatoms. The molecular formula is C16H21N3. The van der Waals surface area contributed by atoms with Crippen molar-refractivity contribution in [3.05, 3.63) is 40.1 Å². The number of hydrogen-bond donors (Lipinski definition) is 1. The fourth-order valence-corrected chi connectivity index (χ4v) is 3.02. The molecular weight excluding hydrogens is 234 g/mol. The summed E-state index contributed by atoms with van der Waals surface area (Å²) in [5.41, 5.74) is 10.1. The smallest absolute Gasteiger partial charge is 0.0692 e. The summed E-state index contributed by atoms with van der Waals surface area (Å²) in [4.78, 5) is 0. The summed E-state index contributed by atoms with van der Waals surface area (Å²) in [6.45, 7) is 9.47. The Morgan fingerprint density at radius 1 is 1.42 bits per heavy atom. The zero-order chi connectivity index (χ0) is 13.8. The maximum Gasteiger partial charge on any atom is 0.0692 e. The van der Waals surface area contributed by atoms with Gasteiger partial charge in [0.2, 0.25) is 0 Å². The summed E-state index contributed by atoms with van der Waals surface area (Å²) in [6, 6.07) is 0.117. The normalized spacial score (nSPS) is 21.2. The van der Waals surface area contributed by atoms with Gasteiger partial charge in [0, 0.05) is 16.7 Å². The molecule has 3 rings (SSSR count). The van der Waals surface area contributed by atoms with Crippen molar-refractivity contribution in [1.29, 1.82) is 0 Å². The van der Waals surface area contributed by atoms with Crippen molar-refractivity contribution in [3.63, 3.8) is 0 Å². The molecule has 2 N–H and O–H groups in total. The lowest BCUT2D eigenvalue weighted by Crippen LogP contribution is -2.34. The standard InChI is InChI=1S/C16H21N3/c1-10-5-6-16(3,4)15-12(10)7-14-13(15)8-18-19(14)9-11(2)17/h5-8,11H,9,17H2,1-4H3. The highest BCUT2D eigenvalue weighted by atomic mass is 15.3. The third-order valence-corrected chi connectivity index (χ3v) is 3.98. The van der Waals surface area contributed by atoms with Gasteiger partial charge in [-0.05, 0) is 36.6 Å².